The second kappa shape index (κ2) is 4.46. The van der Waals surface area contributed by atoms with Gasteiger partial charge in [-0.15, -0.1) is 0 Å². The van der Waals surface area contributed by atoms with Gasteiger partial charge in [0.1, 0.15) is 0 Å². The van der Waals surface area contributed by atoms with Crippen LogP contribution in [0.15, 0.2) is 6.20 Å². The number of nitrogens with two attached hydrogens (primary N) is 1. The van der Waals surface area contributed by atoms with Gasteiger partial charge in [0.15, 0.2) is 5.82 Å². The van der Waals surface area contributed by atoms with Crippen LogP contribution in [0.1, 0.15) is 39.5 Å². The Morgan fingerprint density at radius 3 is 2.50 bits per heavy atom. The highest BCUT2D eigenvalue weighted by molar-refractivity contribution is 5.59. The summed E-state index contributed by atoms with van der Waals surface area (Å²) >= 11 is 0. The number of nitrogens with one attached hydrogen (secondary N) is 1. The van der Waals surface area contributed by atoms with Gasteiger partial charge >= 0.3 is 0 Å². The summed E-state index contributed by atoms with van der Waals surface area (Å²) in [4.78, 5) is 0. The van der Waals surface area contributed by atoms with Gasteiger partial charge in [0.25, 0.3) is 0 Å². The van der Waals surface area contributed by atoms with Crippen LogP contribution in [-0.4, -0.2) is 27.0 Å². The summed E-state index contributed by atoms with van der Waals surface area (Å²) in [6, 6.07) is 0. The van der Waals surface area contributed by atoms with Gasteiger partial charge in [0.05, 0.1) is 11.3 Å². The van der Waals surface area contributed by atoms with Crippen LogP contribution in [0, 0.1) is 5.41 Å². The van der Waals surface area contributed by atoms with E-state index in [-0.39, 0.29) is 0 Å². The molecule has 1 aromatic heterocycles. The van der Waals surface area contributed by atoms with Crippen LogP contribution in [0.3, 0.4) is 0 Å². The minimum absolute atomic E-state index is 0.357. The van der Waals surface area contributed by atoms with Crippen molar-refractivity contribution >= 4 is 11.5 Å². The van der Waals surface area contributed by atoms with Gasteiger partial charge in [-0.3, -0.25) is 4.68 Å². The first-order valence-corrected chi connectivity index (χ1v) is 6.55. The molecule has 102 valence electrons. The second-order valence-corrected chi connectivity index (χ2v) is 6.35. The topological polar surface area (TPSA) is 76.1 Å². The average Bonchev–Trinajstić information content (AvgIpc) is 2.60. The summed E-state index contributed by atoms with van der Waals surface area (Å²) in [6.07, 6.45) is 5.54. The molecule has 0 aromatic carbocycles. The van der Waals surface area contributed by atoms with E-state index in [1.165, 1.54) is 0 Å². The maximum atomic E-state index is 10.5. The molecule has 0 saturated heterocycles. The molecular formula is C13H24N4O. The van der Waals surface area contributed by atoms with Crippen molar-refractivity contribution in [3.8, 4) is 0 Å². The molecule has 2 rings (SSSR count). The smallest absolute Gasteiger partial charge is 0.171 e. The molecule has 5 heteroatoms. The molecule has 5 nitrogen and oxygen atoms in total. The first-order chi connectivity index (χ1) is 8.30. The van der Waals surface area contributed by atoms with Gasteiger partial charge in [-0.05, 0) is 31.1 Å². The third-order valence-electron chi connectivity index (χ3n) is 3.98. The number of aliphatic hydroxyl groups is 1. The highest BCUT2D eigenvalue weighted by Gasteiger charge is 2.36. The monoisotopic (exact) mass is 252 g/mol. The van der Waals surface area contributed by atoms with E-state index >= 15 is 0 Å². The third-order valence-corrected chi connectivity index (χ3v) is 3.98. The minimum Gasteiger partial charge on any atom is -0.394 e. The quantitative estimate of drug-likeness (QED) is 0.766. The zero-order valence-electron chi connectivity index (χ0n) is 11.5. The predicted molar refractivity (Wildman–Crippen MR) is 73.3 cm³/mol. The molecule has 1 aliphatic rings. The Hall–Kier alpha value is -1.23. The first-order valence-electron chi connectivity index (χ1n) is 6.55. The van der Waals surface area contributed by atoms with E-state index in [0.29, 0.717) is 23.5 Å². The molecule has 1 aromatic rings. The van der Waals surface area contributed by atoms with Crippen LogP contribution >= 0.6 is 0 Å². The maximum absolute atomic E-state index is 10.5. The Labute approximate surface area is 108 Å². The van der Waals surface area contributed by atoms with Crippen molar-refractivity contribution in [1.82, 2.24) is 9.78 Å². The summed E-state index contributed by atoms with van der Waals surface area (Å²) < 4.78 is 1.67. The van der Waals surface area contributed by atoms with E-state index in [9.17, 15) is 5.11 Å². The third kappa shape index (κ3) is 2.96. The van der Waals surface area contributed by atoms with E-state index in [2.05, 4.69) is 24.3 Å². The van der Waals surface area contributed by atoms with Gasteiger partial charge in [0.2, 0.25) is 0 Å². The summed E-state index contributed by atoms with van der Waals surface area (Å²) in [6.45, 7) is 5.04. The Morgan fingerprint density at radius 2 is 2.00 bits per heavy atom. The maximum Gasteiger partial charge on any atom is 0.171 e. The zero-order chi connectivity index (χ0) is 13.4. The fourth-order valence-electron chi connectivity index (χ4n) is 2.46. The molecule has 0 aliphatic heterocycles. The molecular weight excluding hydrogens is 228 g/mol. The summed E-state index contributed by atoms with van der Waals surface area (Å²) in [5, 5.41) is 17.9. The molecule has 0 unspecified atom stereocenters. The van der Waals surface area contributed by atoms with E-state index in [4.69, 9.17) is 5.73 Å². The summed E-state index contributed by atoms with van der Waals surface area (Å²) in [5.74, 6) is 0.663. The van der Waals surface area contributed by atoms with Crippen LogP contribution in [-0.2, 0) is 7.05 Å². The van der Waals surface area contributed by atoms with Crippen LogP contribution in [0.4, 0.5) is 11.5 Å². The van der Waals surface area contributed by atoms with E-state index in [1.54, 1.807) is 10.9 Å². The van der Waals surface area contributed by atoms with Crippen molar-refractivity contribution in [3.63, 3.8) is 0 Å². The minimum atomic E-state index is -0.626. The number of aromatic nitrogens is 2. The van der Waals surface area contributed by atoms with Gasteiger partial charge < -0.3 is 16.2 Å². The highest BCUT2D eigenvalue weighted by Crippen LogP contribution is 2.40. The van der Waals surface area contributed by atoms with Crippen molar-refractivity contribution in [2.75, 3.05) is 17.6 Å². The molecule has 0 bridgehead atoms. The fraction of sp³-hybridized carbons (Fsp3) is 0.769. The average molecular weight is 252 g/mol. The van der Waals surface area contributed by atoms with Gasteiger partial charge in [-0.2, -0.15) is 5.10 Å². The van der Waals surface area contributed by atoms with Gasteiger partial charge in [-0.25, -0.2) is 0 Å². The van der Waals surface area contributed by atoms with Crippen LogP contribution in [0.25, 0.3) is 0 Å². The molecule has 1 saturated carbocycles. The Morgan fingerprint density at radius 1 is 1.39 bits per heavy atom. The number of hydrogen-bond acceptors (Lipinski definition) is 4. The van der Waals surface area contributed by atoms with Crippen LogP contribution in [0.5, 0.6) is 0 Å². The normalized spacial score (nSPS) is 21.8. The molecule has 0 spiro atoms. The Kier molecular flexibility index (Phi) is 3.27. The van der Waals surface area contributed by atoms with Crippen molar-refractivity contribution in [2.24, 2.45) is 12.5 Å². The molecule has 4 N–H and O–H groups in total. The zero-order valence-corrected chi connectivity index (χ0v) is 11.5. The number of nitrogen functional groups attached to an aromatic ring is 1. The molecule has 0 radical (unpaired) electrons. The molecule has 1 aliphatic carbocycles. The van der Waals surface area contributed by atoms with Crippen LogP contribution in [0.2, 0.25) is 0 Å². The summed E-state index contributed by atoms with van der Waals surface area (Å²) in [5.41, 5.74) is 6.17. The van der Waals surface area contributed by atoms with Gasteiger partial charge in [-0.1, -0.05) is 13.8 Å². The fourth-order valence-corrected chi connectivity index (χ4v) is 2.46. The van der Waals surface area contributed by atoms with Crippen molar-refractivity contribution in [1.29, 1.82) is 0 Å². The lowest BCUT2D eigenvalue weighted by Gasteiger charge is -2.40. The van der Waals surface area contributed by atoms with Crippen molar-refractivity contribution in [3.05, 3.63) is 6.20 Å². The first kappa shape index (κ1) is 13.2. The number of aryl methyl sites for hydroxylation is 1. The van der Waals surface area contributed by atoms with E-state index in [1.807, 2.05) is 7.05 Å². The Balaban J connectivity index is 1.92. The van der Waals surface area contributed by atoms with Crippen molar-refractivity contribution < 1.29 is 5.11 Å². The van der Waals surface area contributed by atoms with E-state index < -0.39 is 5.60 Å². The largest absolute Gasteiger partial charge is 0.394 e. The second-order valence-electron chi connectivity index (χ2n) is 6.35. The predicted octanol–water partition coefficient (Wildman–Crippen LogP) is 1.75. The van der Waals surface area contributed by atoms with Gasteiger partial charge in [0, 0.05) is 19.8 Å². The number of nitrogens with zero attached hydrogens (tertiary/aromatic N) is 2. The Bertz CT molecular complexity index is 415. The molecule has 18 heavy (non-hydrogen) atoms. The number of anilines is 2. The molecule has 1 heterocycles. The van der Waals surface area contributed by atoms with Crippen molar-refractivity contribution in [2.45, 2.75) is 45.1 Å². The number of rotatable bonds is 3. The van der Waals surface area contributed by atoms with Crippen LogP contribution < -0.4 is 11.1 Å². The summed E-state index contributed by atoms with van der Waals surface area (Å²) in [7, 11) is 1.83. The van der Waals surface area contributed by atoms with E-state index in [0.717, 1.165) is 25.7 Å². The highest BCUT2D eigenvalue weighted by atomic mass is 16.3. The molecule has 1 fully saturated rings. The lowest BCUT2D eigenvalue weighted by Crippen LogP contribution is -2.42. The molecule has 0 atom stereocenters. The lowest BCUT2D eigenvalue weighted by atomic mass is 9.71. The molecule has 0 amide bonds. The standard InChI is InChI=1S/C13H24N4O/c1-12(2)4-6-13(18,7-5-12)9-15-11-10(14)8-17(3)16-11/h8,18H,4-7,9,14H2,1-3H3,(H,15,16). The SMILES string of the molecule is Cn1cc(N)c(NCC2(O)CCC(C)(C)CC2)n1. The lowest BCUT2D eigenvalue weighted by molar-refractivity contribution is -0.0145. The number of hydrogen-bond donors (Lipinski definition) is 3.